The molecule has 10 rings (SSSR count). The van der Waals surface area contributed by atoms with Crippen LogP contribution in [0.1, 0.15) is 176 Å². The maximum absolute atomic E-state index is 9.17. The quantitative estimate of drug-likeness (QED) is 0.146. The molecule has 0 spiro atoms. The molecular formula is C58H69BrN2. The van der Waals surface area contributed by atoms with Crippen LogP contribution in [-0.4, -0.2) is 0 Å². The summed E-state index contributed by atoms with van der Waals surface area (Å²) in [6.45, 7) is 13.6. The minimum atomic E-state index is -1.18. The second-order valence-electron chi connectivity index (χ2n) is 21.5. The summed E-state index contributed by atoms with van der Waals surface area (Å²) in [7, 11) is 0. The third-order valence-electron chi connectivity index (χ3n) is 15.3. The Morgan fingerprint density at radius 3 is 1.43 bits per heavy atom. The average molecular weight is 878 g/mol. The van der Waals surface area contributed by atoms with E-state index < -0.39 is 12.7 Å². The van der Waals surface area contributed by atoms with E-state index in [-0.39, 0.29) is 34.5 Å². The van der Waals surface area contributed by atoms with Crippen molar-refractivity contribution in [1.29, 1.82) is 0 Å². The van der Waals surface area contributed by atoms with Crippen LogP contribution in [0.15, 0.2) is 114 Å². The van der Waals surface area contributed by atoms with E-state index in [1.807, 2.05) is 0 Å². The largest absolute Gasteiger partial charge is 0.310 e. The molecule has 0 amide bonds. The summed E-state index contributed by atoms with van der Waals surface area (Å²) >= 11 is 4.10. The third kappa shape index (κ3) is 8.27. The van der Waals surface area contributed by atoms with Gasteiger partial charge in [0.2, 0.25) is 0 Å². The molecule has 6 atom stereocenters. The van der Waals surface area contributed by atoms with Gasteiger partial charge in [-0.25, -0.2) is 0 Å². The van der Waals surface area contributed by atoms with Gasteiger partial charge in [0.05, 0.1) is 5.69 Å². The van der Waals surface area contributed by atoms with E-state index in [0.29, 0.717) is 17.8 Å². The molecule has 0 N–H and O–H groups in total. The molecule has 5 aliphatic rings. The summed E-state index contributed by atoms with van der Waals surface area (Å²) < 4.78 is 37.7. The van der Waals surface area contributed by atoms with Gasteiger partial charge in [-0.15, -0.1) is 0 Å². The van der Waals surface area contributed by atoms with Crippen molar-refractivity contribution in [2.75, 3.05) is 9.80 Å². The van der Waals surface area contributed by atoms with Crippen molar-refractivity contribution >= 4 is 50.1 Å². The van der Waals surface area contributed by atoms with Gasteiger partial charge in [0, 0.05) is 38.4 Å². The number of benzene rings is 5. The van der Waals surface area contributed by atoms with Crippen molar-refractivity contribution in [3.05, 3.63) is 141 Å². The lowest BCUT2D eigenvalue weighted by Crippen LogP contribution is -2.17. The van der Waals surface area contributed by atoms with E-state index in [1.165, 1.54) is 48.8 Å². The molecule has 5 aromatic carbocycles. The Morgan fingerprint density at radius 2 is 0.951 bits per heavy atom. The summed E-state index contributed by atoms with van der Waals surface area (Å²) in [4.78, 5) is 4.85. The zero-order chi connectivity index (χ0) is 45.6. The van der Waals surface area contributed by atoms with Crippen LogP contribution < -0.4 is 9.80 Å². The maximum atomic E-state index is 9.17. The Balaban J connectivity index is 1.14. The van der Waals surface area contributed by atoms with Crippen LogP contribution in [0, 0.1) is 23.7 Å². The standard InChI is InChI=1S/C58H69BrN2/c1-57(2,3)46-20-27-50(28-21-46)61(56-29-22-47(36-55(56)59)58(4,5)6)52-35-45(40-10-8-7-9-11-40)34-51(37-52)60(48-23-16-41(17-24-48)53-32-38-12-14-43(53)30-38)49-25-18-42(19-26-49)54-33-39-13-15-44(54)31-39/h16-29,34-40,43-44,53-54H,7-15,30-33H2,1-6H3/i32D2,33D2. The van der Waals surface area contributed by atoms with Gasteiger partial charge in [0.25, 0.3) is 0 Å². The van der Waals surface area contributed by atoms with E-state index >= 15 is 0 Å². The summed E-state index contributed by atoms with van der Waals surface area (Å²) in [5, 5.41) is 0. The molecular weight excluding hydrogens is 805 g/mol. The van der Waals surface area contributed by atoms with Crippen LogP contribution in [0.4, 0.5) is 34.1 Å². The van der Waals surface area contributed by atoms with E-state index in [9.17, 15) is 5.48 Å². The maximum Gasteiger partial charge on any atom is 0.0603 e. The van der Waals surface area contributed by atoms with E-state index in [1.54, 1.807) is 0 Å². The molecule has 5 aromatic rings. The number of nitrogens with zero attached hydrogens (tertiary/aromatic N) is 2. The number of fused-ring (bicyclic) bond motifs is 4. The molecule has 0 heterocycles. The van der Waals surface area contributed by atoms with Gasteiger partial charge in [0.15, 0.2) is 0 Å². The normalized spacial score (nSPS) is 27.7. The Labute approximate surface area is 382 Å². The molecule has 6 unspecified atom stereocenters. The highest BCUT2D eigenvalue weighted by molar-refractivity contribution is 9.10. The lowest BCUT2D eigenvalue weighted by atomic mass is 9.83. The Morgan fingerprint density at radius 1 is 0.475 bits per heavy atom. The first kappa shape index (κ1) is 36.6. The van der Waals surface area contributed by atoms with E-state index in [2.05, 4.69) is 176 Å². The number of hydrogen-bond donors (Lipinski definition) is 0. The summed E-state index contributed by atoms with van der Waals surface area (Å²) in [6, 6.07) is 41.1. The van der Waals surface area contributed by atoms with Gasteiger partial charge in [-0.1, -0.05) is 116 Å². The molecule has 61 heavy (non-hydrogen) atoms. The third-order valence-corrected chi connectivity index (χ3v) is 15.9. The van der Waals surface area contributed by atoms with E-state index in [0.717, 1.165) is 88.2 Å². The molecule has 0 aromatic heterocycles. The molecule has 3 heteroatoms. The van der Waals surface area contributed by atoms with Gasteiger partial charge in [-0.2, -0.15) is 0 Å². The van der Waals surface area contributed by atoms with Crippen LogP contribution in [0.5, 0.6) is 0 Å². The second kappa shape index (κ2) is 16.4. The number of halogens is 1. The molecule has 5 saturated carbocycles. The van der Waals surface area contributed by atoms with Gasteiger partial charge < -0.3 is 9.80 Å². The fraction of sp³-hybridized carbons (Fsp3) is 0.483. The van der Waals surface area contributed by atoms with Gasteiger partial charge in [-0.05, 0) is 214 Å². The molecule has 0 radical (unpaired) electrons. The molecule has 5 aliphatic carbocycles. The van der Waals surface area contributed by atoms with Gasteiger partial charge in [-0.3, -0.25) is 0 Å². The first-order chi connectivity index (χ1) is 30.9. The van der Waals surface area contributed by atoms with Crippen LogP contribution in [0.3, 0.4) is 0 Å². The lowest BCUT2D eigenvalue weighted by molar-refractivity contribution is 0.420. The van der Waals surface area contributed by atoms with Crippen LogP contribution in [0.2, 0.25) is 0 Å². The monoisotopic (exact) mass is 876 g/mol. The highest BCUT2D eigenvalue weighted by Gasteiger charge is 2.41. The van der Waals surface area contributed by atoms with Crippen molar-refractivity contribution in [2.24, 2.45) is 23.7 Å². The van der Waals surface area contributed by atoms with Crippen LogP contribution in [0.25, 0.3) is 0 Å². The van der Waals surface area contributed by atoms with Crippen LogP contribution >= 0.6 is 15.9 Å². The Hall–Kier alpha value is -3.82. The van der Waals surface area contributed by atoms with Crippen molar-refractivity contribution in [3.63, 3.8) is 0 Å². The minimum Gasteiger partial charge on any atom is -0.310 e. The average Bonchev–Trinajstić information content (AvgIpc) is 4.06. The lowest BCUT2D eigenvalue weighted by Gasteiger charge is -2.33. The number of rotatable bonds is 9. The van der Waals surface area contributed by atoms with Gasteiger partial charge >= 0.3 is 0 Å². The molecule has 318 valence electrons. The SMILES string of the molecule is [2H]C1([2H])C2CCC(C2)C1c1ccc(N(c2ccc(C3C4CCC(C4)C3([2H])[2H])cc2)c2cc(C3CCCCC3)cc(N(c3ccc(C(C)(C)C)cc3)c3ccc(C(C)(C)C)cc3Br)c2)cc1. The Bertz CT molecular complexity index is 2430. The molecule has 2 nitrogen and oxygen atoms in total. The van der Waals surface area contributed by atoms with Crippen molar-refractivity contribution in [3.8, 4) is 0 Å². The first-order valence-electron chi connectivity index (χ1n) is 25.7. The summed E-state index contributed by atoms with van der Waals surface area (Å²) in [6.07, 6.45) is 10.0. The zero-order valence-corrected chi connectivity index (χ0v) is 39.1. The fourth-order valence-corrected chi connectivity index (χ4v) is 12.4. The van der Waals surface area contributed by atoms with Crippen molar-refractivity contribution in [1.82, 2.24) is 0 Å². The van der Waals surface area contributed by atoms with E-state index in [4.69, 9.17) is 0 Å². The number of anilines is 6. The topological polar surface area (TPSA) is 6.48 Å². The smallest absolute Gasteiger partial charge is 0.0603 e. The predicted molar refractivity (Wildman–Crippen MR) is 263 cm³/mol. The molecule has 0 saturated heterocycles. The highest BCUT2D eigenvalue weighted by atomic mass is 79.9. The summed E-state index contributed by atoms with van der Waals surface area (Å²) in [5.74, 6) is 1.45. The minimum absolute atomic E-state index is 0.000254. The fourth-order valence-electron chi connectivity index (χ4n) is 11.8. The predicted octanol–water partition coefficient (Wildman–Crippen LogP) is 17.8. The molecule has 0 aliphatic heterocycles. The molecule has 5 fully saturated rings. The van der Waals surface area contributed by atoms with Crippen molar-refractivity contribution < 1.29 is 5.48 Å². The number of hydrogen-bond acceptors (Lipinski definition) is 2. The Kier molecular flexibility index (Phi) is 9.84. The first-order valence-corrected chi connectivity index (χ1v) is 24.5. The van der Waals surface area contributed by atoms with Crippen LogP contribution in [-0.2, 0) is 10.8 Å². The van der Waals surface area contributed by atoms with Crippen molar-refractivity contribution in [2.45, 2.75) is 154 Å². The second-order valence-corrected chi connectivity index (χ2v) is 22.4. The summed E-state index contributed by atoms with van der Waals surface area (Å²) in [5.41, 5.74) is 12.7. The molecule has 4 bridgehead atoms. The van der Waals surface area contributed by atoms with Gasteiger partial charge in [0.1, 0.15) is 0 Å². The highest BCUT2D eigenvalue weighted by Crippen LogP contribution is 2.55. The zero-order valence-electron chi connectivity index (χ0n) is 41.5.